The van der Waals surface area contributed by atoms with E-state index in [1.54, 1.807) is 12.1 Å². The number of hydrogen-bond acceptors (Lipinski definition) is 4. The van der Waals surface area contributed by atoms with Gasteiger partial charge in [-0.25, -0.2) is 13.1 Å². The molecule has 20 heavy (non-hydrogen) atoms. The topological polar surface area (TPSA) is 78.4 Å². The summed E-state index contributed by atoms with van der Waals surface area (Å²) in [7, 11) is -3.56. The van der Waals surface area contributed by atoms with Crippen LogP contribution in [0.15, 0.2) is 29.2 Å². The molecule has 0 saturated carbocycles. The number of unbranched alkanes of at least 4 members (excludes halogenated alkanes) is 1. The average molecular weight is 298 g/mol. The van der Waals surface area contributed by atoms with Crippen LogP contribution in [-0.4, -0.2) is 38.8 Å². The van der Waals surface area contributed by atoms with E-state index in [1.165, 1.54) is 0 Å². The molecule has 0 unspecified atom stereocenters. The monoisotopic (exact) mass is 298 g/mol. The molecule has 3 N–H and O–H groups in total. The zero-order chi connectivity index (χ0) is 14.6. The van der Waals surface area contributed by atoms with Crippen LogP contribution in [0.5, 0.6) is 0 Å². The Labute approximate surface area is 120 Å². The van der Waals surface area contributed by atoms with Gasteiger partial charge in [0.1, 0.15) is 0 Å². The number of hydrogen-bond donors (Lipinski definition) is 3. The molecule has 1 aliphatic heterocycles. The number of benzene rings is 1. The normalized spacial score (nSPS) is 23.1. The van der Waals surface area contributed by atoms with Gasteiger partial charge in [-0.1, -0.05) is 25.5 Å². The zero-order valence-electron chi connectivity index (χ0n) is 11.7. The van der Waals surface area contributed by atoms with E-state index in [4.69, 9.17) is 0 Å². The summed E-state index contributed by atoms with van der Waals surface area (Å²) in [5, 5.41) is 12.6. The van der Waals surface area contributed by atoms with Crippen molar-refractivity contribution in [2.75, 3.05) is 13.1 Å². The number of sulfonamides is 1. The fourth-order valence-corrected chi connectivity index (χ4v) is 3.54. The molecule has 0 aromatic heterocycles. The summed E-state index contributed by atoms with van der Waals surface area (Å²) in [6.45, 7) is 3.00. The van der Waals surface area contributed by atoms with E-state index in [1.807, 2.05) is 12.1 Å². The van der Waals surface area contributed by atoms with E-state index in [9.17, 15) is 13.5 Å². The minimum atomic E-state index is -3.56. The van der Waals surface area contributed by atoms with Crippen molar-refractivity contribution in [2.24, 2.45) is 0 Å². The first-order chi connectivity index (χ1) is 9.53. The Kier molecular flexibility index (Phi) is 5.15. The van der Waals surface area contributed by atoms with E-state index >= 15 is 0 Å². The Bertz CT molecular complexity index is 528. The van der Waals surface area contributed by atoms with Crippen LogP contribution in [0.3, 0.4) is 0 Å². The summed E-state index contributed by atoms with van der Waals surface area (Å²) < 4.78 is 27.0. The Morgan fingerprint density at radius 1 is 1.30 bits per heavy atom. The van der Waals surface area contributed by atoms with Crippen LogP contribution < -0.4 is 10.0 Å². The molecule has 6 heteroatoms. The smallest absolute Gasteiger partial charge is 0.240 e. The van der Waals surface area contributed by atoms with E-state index < -0.39 is 22.2 Å². The molecule has 2 rings (SSSR count). The van der Waals surface area contributed by atoms with Crippen molar-refractivity contribution in [3.05, 3.63) is 29.8 Å². The van der Waals surface area contributed by atoms with Gasteiger partial charge in [0.15, 0.2) is 0 Å². The number of aliphatic hydroxyl groups is 1. The van der Waals surface area contributed by atoms with Gasteiger partial charge in [-0.2, -0.15) is 0 Å². The van der Waals surface area contributed by atoms with Crippen LogP contribution in [0.4, 0.5) is 0 Å². The second-order valence-corrected chi connectivity index (χ2v) is 6.91. The van der Waals surface area contributed by atoms with Gasteiger partial charge in [0.05, 0.1) is 17.0 Å². The number of rotatable bonds is 6. The van der Waals surface area contributed by atoms with Crippen LogP contribution in [0.2, 0.25) is 0 Å². The summed E-state index contributed by atoms with van der Waals surface area (Å²) in [4.78, 5) is 0.247. The van der Waals surface area contributed by atoms with E-state index in [0.717, 1.165) is 24.8 Å². The lowest BCUT2D eigenvalue weighted by molar-refractivity contribution is 0.173. The quantitative estimate of drug-likeness (QED) is 0.720. The molecular weight excluding hydrogens is 276 g/mol. The number of aryl methyl sites for hydroxylation is 1. The lowest BCUT2D eigenvalue weighted by atomic mass is 10.1. The molecule has 0 spiro atoms. The maximum Gasteiger partial charge on any atom is 0.240 e. The summed E-state index contributed by atoms with van der Waals surface area (Å²) in [6, 6.07) is 6.51. The Morgan fingerprint density at radius 2 is 2.00 bits per heavy atom. The highest BCUT2D eigenvalue weighted by molar-refractivity contribution is 7.89. The number of nitrogens with one attached hydrogen (secondary N) is 2. The standard InChI is InChI=1S/C14H22N2O3S/c1-2-3-4-11-5-7-12(8-6-11)20(18,19)16-13-9-15-10-14(13)17/h5-8,13-17H,2-4,9-10H2,1H3/t13-,14-/m1/s1. The molecule has 112 valence electrons. The second kappa shape index (κ2) is 6.67. The summed E-state index contributed by atoms with van der Waals surface area (Å²) in [5.74, 6) is 0. The first-order valence-corrected chi connectivity index (χ1v) is 8.51. The minimum absolute atomic E-state index is 0.247. The third-order valence-electron chi connectivity index (χ3n) is 3.54. The fourth-order valence-electron chi connectivity index (χ4n) is 2.27. The minimum Gasteiger partial charge on any atom is -0.390 e. The molecule has 0 radical (unpaired) electrons. The molecule has 0 aliphatic carbocycles. The number of aliphatic hydroxyl groups excluding tert-OH is 1. The zero-order valence-corrected chi connectivity index (χ0v) is 12.5. The Morgan fingerprint density at radius 3 is 2.55 bits per heavy atom. The van der Waals surface area contributed by atoms with Crippen LogP contribution in [-0.2, 0) is 16.4 Å². The van der Waals surface area contributed by atoms with Gasteiger partial charge in [0.25, 0.3) is 0 Å². The molecule has 1 aliphatic rings. The Hall–Kier alpha value is -0.950. The van der Waals surface area contributed by atoms with Gasteiger partial charge in [-0.15, -0.1) is 0 Å². The summed E-state index contributed by atoms with van der Waals surface area (Å²) >= 11 is 0. The van der Waals surface area contributed by atoms with Gasteiger partial charge < -0.3 is 10.4 Å². The molecule has 2 atom stereocenters. The maximum atomic E-state index is 12.2. The van der Waals surface area contributed by atoms with Crippen molar-refractivity contribution in [1.82, 2.24) is 10.0 Å². The second-order valence-electron chi connectivity index (χ2n) is 5.20. The van der Waals surface area contributed by atoms with Crippen molar-refractivity contribution in [3.8, 4) is 0 Å². The fraction of sp³-hybridized carbons (Fsp3) is 0.571. The van der Waals surface area contributed by atoms with Gasteiger partial charge in [0.2, 0.25) is 10.0 Å². The molecule has 0 bridgehead atoms. The lowest BCUT2D eigenvalue weighted by Crippen LogP contribution is -2.42. The first kappa shape index (κ1) is 15.4. The molecule has 5 nitrogen and oxygen atoms in total. The van der Waals surface area contributed by atoms with Crippen molar-refractivity contribution < 1.29 is 13.5 Å². The van der Waals surface area contributed by atoms with Crippen molar-refractivity contribution >= 4 is 10.0 Å². The van der Waals surface area contributed by atoms with Crippen LogP contribution >= 0.6 is 0 Å². The SMILES string of the molecule is CCCCc1ccc(S(=O)(=O)N[C@@H]2CNC[C@H]2O)cc1. The molecule has 1 fully saturated rings. The van der Waals surface area contributed by atoms with E-state index in [0.29, 0.717) is 13.1 Å². The predicted molar refractivity (Wildman–Crippen MR) is 78.0 cm³/mol. The molecule has 0 amide bonds. The maximum absolute atomic E-state index is 12.2. The molecule has 1 heterocycles. The van der Waals surface area contributed by atoms with Gasteiger partial charge in [-0.05, 0) is 30.5 Å². The van der Waals surface area contributed by atoms with Crippen molar-refractivity contribution in [1.29, 1.82) is 0 Å². The largest absolute Gasteiger partial charge is 0.390 e. The first-order valence-electron chi connectivity index (χ1n) is 7.03. The van der Waals surface area contributed by atoms with Crippen LogP contribution in [0.25, 0.3) is 0 Å². The molecule has 1 aromatic rings. The van der Waals surface area contributed by atoms with Gasteiger partial charge in [-0.3, -0.25) is 0 Å². The van der Waals surface area contributed by atoms with Gasteiger partial charge >= 0.3 is 0 Å². The summed E-state index contributed by atoms with van der Waals surface area (Å²) in [6.07, 6.45) is 2.52. The van der Waals surface area contributed by atoms with E-state index in [-0.39, 0.29) is 4.90 Å². The van der Waals surface area contributed by atoms with Crippen LogP contribution in [0, 0.1) is 0 Å². The predicted octanol–water partition coefficient (Wildman–Crippen LogP) is 0.640. The van der Waals surface area contributed by atoms with Crippen LogP contribution in [0.1, 0.15) is 25.3 Å². The Balaban J connectivity index is 2.05. The highest BCUT2D eigenvalue weighted by atomic mass is 32.2. The highest BCUT2D eigenvalue weighted by Crippen LogP contribution is 2.14. The van der Waals surface area contributed by atoms with Crippen molar-refractivity contribution in [2.45, 2.75) is 43.2 Å². The molecular formula is C14H22N2O3S. The third kappa shape index (κ3) is 3.79. The average Bonchev–Trinajstić information content (AvgIpc) is 2.82. The van der Waals surface area contributed by atoms with E-state index in [2.05, 4.69) is 17.0 Å². The highest BCUT2D eigenvalue weighted by Gasteiger charge is 2.29. The molecule has 1 saturated heterocycles. The van der Waals surface area contributed by atoms with Gasteiger partial charge in [0, 0.05) is 13.1 Å². The third-order valence-corrected chi connectivity index (χ3v) is 5.05. The number of β-amino-alcohol motifs (C(OH)–C–C–N with tert-alkyl or cyclic N) is 1. The molecule has 1 aromatic carbocycles. The summed E-state index contributed by atoms with van der Waals surface area (Å²) in [5.41, 5.74) is 1.15. The lowest BCUT2D eigenvalue weighted by Gasteiger charge is -2.15. The van der Waals surface area contributed by atoms with Crippen molar-refractivity contribution in [3.63, 3.8) is 0 Å².